The lowest BCUT2D eigenvalue weighted by Crippen LogP contribution is -2.40. The van der Waals surface area contributed by atoms with Gasteiger partial charge in [0.25, 0.3) is 0 Å². The molecule has 1 saturated heterocycles. The van der Waals surface area contributed by atoms with E-state index in [0.717, 1.165) is 45.0 Å². The fourth-order valence-electron chi connectivity index (χ4n) is 2.28. The lowest BCUT2D eigenvalue weighted by Gasteiger charge is -2.26. The SMILES string of the molecule is NC(=NO)c1cc(F)ccc1CNCCN1CCOCC1. The summed E-state index contributed by atoms with van der Waals surface area (Å²) in [6.45, 7) is 5.75. The number of hydrogen-bond acceptors (Lipinski definition) is 5. The number of nitrogens with two attached hydrogens (primary N) is 1. The fraction of sp³-hybridized carbons (Fsp3) is 0.500. The van der Waals surface area contributed by atoms with Crippen molar-refractivity contribution >= 4 is 5.84 Å². The number of oxime groups is 1. The van der Waals surface area contributed by atoms with Crippen LogP contribution in [0, 0.1) is 5.82 Å². The quantitative estimate of drug-likeness (QED) is 0.232. The summed E-state index contributed by atoms with van der Waals surface area (Å²) in [7, 11) is 0. The summed E-state index contributed by atoms with van der Waals surface area (Å²) in [4.78, 5) is 2.33. The van der Waals surface area contributed by atoms with Crippen molar-refractivity contribution in [1.29, 1.82) is 0 Å². The van der Waals surface area contributed by atoms with Crippen molar-refractivity contribution < 1.29 is 14.3 Å². The van der Waals surface area contributed by atoms with E-state index in [0.29, 0.717) is 12.1 Å². The van der Waals surface area contributed by atoms with E-state index in [4.69, 9.17) is 15.7 Å². The fourth-order valence-corrected chi connectivity index (χ4v) is 2.28. The Morgan fingerprint density at radius 1 is 1.43 bits per heavy atom. The van der Waals surface area contributed by atoms with Gasteiger partial charge in [-0.2, -0.15) is 0 Å². The van der Waals surface area contributed by atoms with E-state index < -0.39 is 5.82 Å². The lowest BCUT2D eigenvalue weighted by atomic mass is 10.1. The summed E-state index contributed by atoms with van der Waals surface area (Å²) in [5.41, 5.74) is 6.78. The largest absolute Gasteiger partial charge is 0.409 e. The van der Waals surface area contributed by atoms with Crippen molar-refractivity contribution in [3.05, 3.63) is 35.1 Å². The van der Waals surface area contributed by atoms with Gasteiger partial charge in [0.15, 0.2) is 5.84 Å². The van der Waals surface area contributed by atoms with Gasteiger partial charge < -0.3 is 21.0 Å². The molecular formula is C14H21FN4O2. The maximum atomic E-state index is 13.2. The molecule has 6 nitrogen and oxygen atoms in total. The average molecular weight is 296 g/mol. The van der Waals surface area contributed by atoms with Gasteiger partial charge in [-0.25, -0.2) is 4.39 Å². The molecule has 116 valence electrons. The molecule has 1 aromatic rings. The van der Waals surface area contributed by atoms with Gasteiger partial charge in [0.1, 0.15) is 5.82 Å². The second-order valence-electron chi connectivity index (χ2n) is 4.92. The standard InChI is InChI=1S/C14H21FN4O2/c15-12-2-1-11(13(9-12)14(16)18-20)10-17-3-4-19-5-7-21-8-6-19/h1-2,9,17,20H,3-8,10H2,(H2,16,18). The molecule has 0 saturated carbocycles. The molecule has 0 spiro atoms. The van der Waals surface area contributed by atoms with E-state index in [9.17, 15) is 4.39 Å². The number of nitrogens with zero attached hydrogens (tertiary/aromatic N) is 2. The molecule has 0 aromatic heterocycles. The first-order valence-corrected chi connectivity index (χ1v) is 6.98. The van der Waals surface area contributed by atoms with Crippen LogP contribution in [0.5, 0.6) is 0 Å². The molecule has 0 radical (unpaired) electrons. The minimum Gasteiger partial charge on any atom is -0.409 e. The highest BCUT2D eigenvalue weighted by molar-refractivity contribution is 5.98. The van der Waals surface area contributed by atoms with Crippen molar-refractivity contribution in [3.63, 3.8) is 0 Å². The zero-order valence-electron chi connectivity index (χ0n) is 11.9. The van der Waals surface area contributed by atoms with Crippen LogP contribution in [0.3, 0.4) is 0 Å². The first-order chi connectivity index (χ1) is 10.2. The van der Waals surface area contributed by atoms with Crippen LogP contribution >= 0.6 is 0 Å². The number of morpholine rings is 1. The third kappa shape index (κ3) is 4.66. The normalized spacial score (nSPS) is 17.1. The Hall–Kier alpha value is -1.70. The Bertz CT molecular complexity index is 490. The van der Waals surface area contributed by atoms with E-state index in [1.165, 1.54) is 12.1 Å². The first kappa shape index (κ1) is 15.7. The molecule has 0 atom stereocenters. The number of nitrogens with one attached hydrogen (secondary N) is 1. The Morgan fingerprint density at radius 2 is 2.19 bits per heavy atom. The maximum Gasteiger partial charge on any atom is 0.170 e. The molecule has 2 rings (SSSR count). The summed E-state index contributed by atoms with van der Waals surface area (Å²) < 4.78 is 18.5. The average Bonchev–Trinajstić information content (AvgIpc) is 2.53. The van der Waals surface area contributed by atoms with Gasteiger partial charge in [-0.15, -0.1) is 0 Å². The highest BCUT2D eigenvalue weighted by Crippen LogP contribution is 2.11. The number of ether oxygens (including phenoxy) is 1. The van der Waals surface area contributed by atoms with E-state index >= 15 is 0 Å². The minimum absolute atomic E-state index is 0.0838. The summed E-state index contributed by atoms with van der Waals surface area (Å²) in [5, 5.41) is 15.0. The van der Waals surface area contributed by atoms with Crippen LogP contribution in [-0.4, -0.2) is 55.3 Å². The third-order valence-electron chi connectivity index (χ3n) is 3.48. The van der Waals surface area contributed by atoms with Crippen LogP contribution in [0.15, 0.2) is 23.4 Å². The number of hydrogen-bond donors (Lipinski definition) is 3. The molecular weight excluding hydrogens is 275 g/mol. The summed E-state index contributed by atoms with van der Waals surface area (Å²) >= 11 is 0. The van der Waals surface area contributed by atoms with Gasteiger partial charge in [-0.1, -0.05) is 11.2 Å². The van der Waals surface area contributed by atoms with Gasteiger partial charge in [-0.3, -0.25) is 4.90 Å². The van der Waals surface area contributed by atoms with E-state index in [2.05, 4.69) is 15.4 Å². The Labute approximate surface area is 123 Å². The minimum atomic E-state index is -0.409. The highest BCUT2D eigenvalue weighted by atomic mass is 19.1. The molecule has 0 aliphatic carbocycles. The monoisotopic (exact) mass is 296 g/mol. The summed E-state index contributed by atoms with van der Waals surface area (Å²) in [5.74, 6) is -0.492. The van der Waals surface area contributed by atoms with E-state index in [1.807, 2.05) is 0 Å². The summed E-state index contributed by atoms with van der Waals surface area (Å²) in [6.07, 6.45) is 0. The molecule has 1 fully saturated rings. The van der Waals surface area contributed by atoms with Crippen LogP contribution in [0.1, 0.15) is 11.1 Å². The van der Waals surface area contributed by atoms with Crippen molar-refractivity contribution in [3.8, 4) is 0 Å². The number of amidine groups is 1. The zero-order valence-corrected chi connectivity index (χ0v) is 11.9. The predicted octanol–water partition coefficient (Wildman–Crippen LogP) is 0.342. The van der Waals surface area contributed by atoms with Crippen molar-refractivity contribution in [2.24, 2.45) is 10.9 Å². The zero-order chi connectivity index (χ0) is 15.1. The first-order valence-electron chi connectivity index (χ1n) is 6.98. The van der Waals surface area contributed by atoms with Crippen molar-refractivity contribution in [2.75, 3.05) is 39.4 Å². The van der Waals surface area contributed by atoms with Crippen molar-refractivity contribution in [1.82, 2.24) is 10.2 Å². The molecule has 1 heterocycles. The van der Waals surface area contributed by atoms with Crippen LogP contribution in [-0.2, 0) is 11.3 Å². The molecule has 0 bridgehead atoms. The van der Waals surface area contributed by atoms with Gasteiger partial charge in [0.05, 0.1) is 13.2 Å². The second kappa shape index (κ2) is 7.92. The highest BCUT2D eigenvalue weighted by Gasteiger charge is 2.11. The van der Waals surface area contributed by atoms with Crippen LogP contribution in [0.25, 0.3) is 0 Å². The van der Waals surface area contributed by atoms with Gasteiger partial charge in [-0.05, 0) is 17.7 Å². The molecule has 7 heteroatoms. The smallest absolute Gasteiger partial charge is 0.170 e. The maximum absolute atomic E-state index is 13.2. The van der Waals surface area contributed by atoms with Gasteiger partial charge >= 0.3 is 0 Å². The lowest BCUT2D eigenvalue weighted by molar-refractivity contribution is 0.0384. The van der Waals surface area contributed by atoms with Crippen LogP contribution in [0.4, 0.5) is 4.39 Å². The van der Waals surface area contributed by atoms with Crippen molar-refractivity contribution in [2.45, 2.75) is 6.54 Å². The molecule has 0 unspecified atom stereocenters. The number of halogens is 1. The van der Waals surface area contributed by atoms with Crippen LogP contribution in [0.2, 0.25) is 0 Å². The van der Waals surface area contributed by atoms with E-state index in [-0.39, 0.29) is 5.84 Å². The Balaban J connectivity index is 1.85. The topological polar surface area (TPSA) is 83.1 Å². The Kier molecular flexibility index (Phi) is 5.91. The Morgan fingerprint density at radius 3 is 2.90 bits per heavy atom. The third-order valence-corrected chi connectivity index (χ3v) is 3.48. The molecule has 1 aromatic carbocycles. The van der Waals surface area contributed by atoms with Gasteiger partial charge in [0.2, 0.25) is 0 Å². The molecule has 0 amide bonds. The second-order valence-corrected chi connectivity index (χ2v) is 4.92. The molecule has 1 aliphatic rings. The number of benzene rings is 1. The van der Waals surface area contributed by atoms with Gasteiger partial charge in [0, 0.05) is 38.3 Å². The summed E-state index contributed by atoms with van der Waals surface area (Å²) in [6, 6.07) is 4.28. The van der Waals surface area contributed by atoms with E-state index in [1.54, 1.807) is 6.07 Å². The molecule has 1 aliphatic heterocycles. The molecule has 21 heavy (non-hydrogen) atoms. The van der Waals surface area contributed by atoms with Crippen LogP contribution < -0.4 is 11.1 Å². The number of rotatable bonds is 6. The predicted molar refractivity (Wildman–Crippen MR) is 77.9 cm³/mol. The molecule has 4 N–H and O–H groups in total.